The lowest BCUT2D eigenvalue weighted by molar-refractivity contribution is -0.115. The van der Waals surface area contributed by atoms with Gasteiger partial charge < -0.3 is 5.32 Å². The predicted octanol–water partition coefficient (Wildman–Crippen LogP) is 3.18. The van der Waals surface area contributed by atoms with Gasteiger partial charge in [-0.2, -0.15) is 8.78 Å². The van der Waals surface area contributed by atoms with E-state index in [1.807, 2.05) is 19.1 Å². The number of halogens is 2. The summed E-state index contributed by atoms with van der Waals surface area (Å²) in [5, 5.41) is 3.06. The zero-order chi connectivity index (χ0) is 18.9. The summed E-state index contributed by atoms with van der Waals surface area (Å²) in [6.45, 7) is 1.86. The van der Waals surface area contributed by atoms with Gasteiger partial charge in [-0.15, -0.1) is 0 Å². The molecule has 0 unspecified atom stereocenters. The molecular weight excluding hydrogens is 384 g/mol. The van der Waals surface area contributed by atoms with Crippen molar-refractivity contribution in [1.82, 2.24) is 9.97 Å². The van der Waals surface area contributed by atoms with E-state index in [9.17, 15) is 22.0 Å². The normalized spacial score (nSPS) is 11.8. The molecule has 6 nitrogen and oxygen atoms in total. The molecule has 0 saturated carbocycles. The molecule has 10 heteroatoms. The predicted molar refractivity (Wildman–Crippen MR) is 94.1 cm³/mol. The first-order chi connectivity index (χ1) is 12.3. The van der Waals surface area contributed by atoms with Crippen LogP contribution in [0.15, 0.2) is 41.3 Å². The number of amides is 1. The highest BCUT2D eigenvalue weighted by Crippen LogP contribution is 2.24. The van der Waals surface area contributed by atoms with Crippen LogP contribution in [0.25, 0.3) is 10.3 Å². The van der Waals surface area contributed by atoms with Crippen LogP contribution in [0.2, 0.25) is 0 Å². The van der Waals surface area contributed by atoms with Gasteiger partial charge in [0.15, 0.2) is 5.13 Å². The second-order valence-corrected chi connectivity index (χ2v) is 8.37. The van der Waals surface area contributed by atoms with Crippen LogP contribution < -0.4 is 5.32 Å². The Morgan fingerprint density at radius 2 is 1.85 bits per heavy atom. The Labute approximate surface area is 151 Å². The minimum atomic E-state index is -4.64. The molecule has 3 rings (SSSR count). The second-order valence-electron chi connectivity index (χ2n) is 5.47. The molecule has 1 amide bonds. The molecule has 0 saturated heterocycles. The largest absolute Gasteiger partial charge is 0.341 e. The van der Waals surface area contributed by atoms with Gasteiger partial charge in [0.05, 0.1) is 11.3 Å². The van der Waals surface area contributed by atoms with Crippen LogP contribution in [-0.4, -0.2) is 30.1 Å². The highest BCUT2D eigenvalue weighted by Gasteiger charge is 2.26. The summed E-state index contributed by atoms with van der Waals surface area (Å²) < 4.78 is 47.7. The molecule has 0 radical (unpaired) electrons. The van der Waals surface area contributed by atoms with Crippen LogP contribution in [0.4, 0.5) is 13.9 Å². The molecular formula is C16H13F2N3O3S2. The number of nitrogens with one attached hydrogen (secondary N) is 1. The molecule has 0 spiro atoms. The molecule has 1 aromatic carbocycles. The Balaban J connectivity index is 1.69. The number of rotatable bonds is 5. The first-order valence-corrected chi connectivity index (χ1v) is 9.77. The van der Waals surface area contributed by atoms with E-state index < -0.39 is 20.5 Å². The lowest BCUT2D eigenvalue weighted by atomic mass is 10.1. The van der Waals surface area contributed by atoms with Gasteiger partial charge in [-0.1, -0.05) is 23.5 Å². The highest BCUT2D eigenvalue weighted by atomic mass is 32.2. The van der Waals surface area contributed by atoms with Crippen LogP contribution in [0.5, 0.6) is 0 Å². The van der Waals surface area contributed by atoms with E-state index in [2.05, 4.69) is 15.3 Å². The molecule has 0 fully saturated rings. The molecule has 2 heterocycles. The summed E-state index contributed by atoms with van der Waals surface area (Å²) in [6, 6.07) is 8.42. The number of carbonyl (C=O) groups excluding carboxylic acids is 1. The third-order valence-electron chi connectivity index (χ3n) is 3.49. The van der Waals surface area contributed by atoms with Gasteiger partial charge in [0.2, 0.25) is 15.7 Å². The summed E-state index contributed by atoms with van der Waals surface area (Å²) in [7, 11) is -4.64. The number of alkyl halides is 2. The first kappa shape index (κ1) is 18.3. The van der Waals surface area contributed by atoms with Crippen LogP contribution >= 0.6 is 11.3 Å². The fourth-order valence-electron chi connectivity index (χ4n) is 2.21. The SMILES string of the molecule is Cc1ccc2nc(NC(=O)Cc3ccc(S(=O)(=O)C(F)F)cc3)sc2n1. The van der Waals surface area contributed by atoms with Gasteiger partial charge in [-0.25, -0.2) is 18.4 Å². The maximum Gasteiger partial charge on any atom is 0.341 e. The number of carbonyl (C=O) groups is 1. The van der Waals surface area contributed by atoms with E-state index in [0.717, 1.165) is 17.8 Å². The number of pyridine rings is 1. The Hall–Kier alpha value is -2.46. The van der Waals surface area contributed by atoms with Gasteiger partial charge in [-0.3, -0.25) is 4.79 Å². The molecule has 26 heavy (non-hydrogen) atoms. The van der Waals surface area contributed by atoms with Gasteiger partial charge in [-0.05, 0) is 36.8 Å². The fraction of sp³-hybridized carbons (Fsp3) is 0.188. The monoisotopic (exact) mass is 397 g/mol. The van der Waals surface area contributed by atoms with Crippen LogP contribution in [0.1, 0.15) is 11.3 Å². The molecule has 0 aliphatic heterocycles. The van der Waals surface area contributed by atoms with E-state index in [4.69, 9.17) is 0 Å². The number of hydrogen-bond acceptors (Lipinski definition) is 6. The lowest BCUT2D eigenvalue weighted by Gasteiger charge is -2.05. The first-order valence-electron chi connectivity index (χ1n) is 7.41. The number of aryl methyl sites for hydroxylation is 1. The van der Waals surface area contributed by atoms with Crippen molar-refractivity contribution in [3.63, 3.8) is 0 Å². The van der Waals surface area contributed by atoms with Crippen molar-refractivity contribution in [3.05, 3.63) is 47.7 Å². The number of thiazole rings is 1. The molecule has 1 N–H and O–H groups in total. The fourth-order valence-corrected chi connectivity index (χ4v) is 3.83. The van der Waals surface area contributed by atoms with Crippen molar-refractivity contribution >= 4 is 42.6 Å². The number of anilines is 1. The van der Waals surface area contributed by atoms with E-state index in [1.54, 1.807) is 0 Å². The molecule has 3 aromatic rings. The third-order valence-corrected chi connectivity index (χ3v) is 5.77. The van der Waals surface area contributed by atoms with Gasteiger partial charge >= 0.3 is 5.76 Å². The second kappa shape index (κ2) is 7.04. The zero-order valence-electron chi connectivity index (χ0n) is 13.4. The average molecular weight is 397 g/mol. The van der Waals surface area contributed by atoms with Crippen LogP contribution in [0, 0.1) is 6.92 Å². The van der Waals surface area contributed by atoms with E-state index in [0.29, 0.717) is 21.0 Å². The number of hydrogen-bond donors (Lipinski definition) is 1. The number of sulfone groups is 1. The number of nitrogens with zero attached hydrogens (tertiary/aromatic N) is 2. The topological polar surface area (TPSA) is 89.0 Å². The molecule has 0 aliphatic carbocycles. The van der Waals surface area contributed by atoms with Crippen LogP contribution in [0.3, 0.4) is 0 Å². The van der Waals surface area contributed by atoms with Gasteiger partial charge in [0, 0.05) is 5.69 Å². The summed E-state index contributed by atoms with van der Waals surface area (Å²) in [6.07, 6.45) is -0.0443. The van der Waals surface area contributed by atoms with E-state index in [-0.39, 0.29) is 12.3 Å². The van der Waals surface area contributed by atoms with Crippen molar-refractivity contribution in [2.75, 3.05) is 5.32 Å². The summed E-state index contributed by atoms with van der Waals surface area (Å²) in [4.78, 5) is 20.9. The highest BCUT2D eigenvalue weighted by molar-refractivity contribution is 7.91. The molecule has 0 aliphatic rings. The molecule has 2 aromatic heterocycles. The molecule has 0 bridgehead atoms. The number of fused-ring (bicyclic) bond motifs is 1. The lowest BCUT2D eigenvalue weighted by Crippen LogP contribution is -2.14. The van der Waals surface area contributed by atoms with E-state index in [1.165, 1.54) is 23.5 Å². The Kier molecular flexibility index (Phi) is 4.97. The average Bonchev–Trinajstić information content (AvgIpc) is 2.96. The Morgan fingerprint density at radius 1 is 1.15 bits per heavy atom. The standard InChI is InChI=1S/C16H13F2N3O3S2/c1-9-2-7-12-14(19-9)25-16(20-12)21-13(22)8-10-3-5-11(6-4-10)26(23,24)15(17)18/h2-7,15H,8H2,1H3,(H,20,21,22). The number of benzene rings is 1. The van der Waals surface area contributed by atoms with Crippen molar-refractivity contribution in [2.24, 2.45) is 0 Å². The van der Waals surface area contributed by atoms with Crippen molar-refractivity contribution in [3.8, 4) is 0 Å². The van der Waals surface area contributed by atoms with Crippen molar-refractivity contribution in [2.45, 2.75) is 24.0 Å². The summed E-state index contributed by atoms with van der Waals surface area (Å²) in [5.41, 5.74) is 2.01. The Morgan fingerprint density at radius 3 is 2.50 bits per heavy atom. The zero-order valence-corrected chi connectivity index (χ0v) is 15.1. The quantitative estimate of drug-likeness (QED) is 0.714. The minimum Gasteiger partial charge on any atom is -0.302 e. The third kappa shape index (κ3) is 3.86. The van der Waals surface area contributed by atoms with Crippen molar-refractivity contribution in [1.29, 1.82) is 0 Å². The van der Waals surface area contributed by atoms with E-state index >= 15 is 0 Å². The summed E-state index contributed by atoms with van der Waals surface area (Å²) in [5.74, 6) is -3.84. The molecule has 0 atom stereocenters. The van der Waals surface area contributed by atoms with Crippen LogP contribution in [-0.2, 0) is 21.1 Å². The number of aromatic nitrogens is 2. The minimum absolute atomic E-state index is 0.0443. The van der Waals surface area contributed by atoms with Gasteiger partial charge in [0.25, 0.3) is 0 Å². The smallest absolute Gasteiger partial charge is 0.302 e. The summed E-state index contributed by atoms with van der Waals surface area (Å²) >= 11 is 1.24. The molecule has 136 valence electrons. The maximum atomic E-state index is 12.5. The van der Waals surface area contributed by atoms with Gasteiger partial charge in [0.1, 0.15) is 10.3 Å². The Bertz CT molecular complexity index is 1060. The van der Waals surface area contributed by atoms with Crippen molar-refractivity contribution < 1.29 is 22.0 Å². The maximum absolute atomic E-state index is 12.5.